The molecule has 0 aliphatic heterocycles. The molecule has 0 aliphatic carbocycles. The van der Waals surface area contributed by atoms with Crippen molar-refractivity contribution in [1.82, 2.24) is 25.2 Å². The molecule has 0 saturated carbocycles. The third kappa shape index (κ3) is 3.71. The second kappa shape index (κ2) is 8.43. The Morgan fingerprint density at radius 3 is 2.59 bits per heavy atom. The summed E-state index contributed by atoms with van der Waals surface area (Å²) in [6.45, 7) is 4.08. The Morgan fingerprint density at radius 2 is 1.78 bits per heavy atom. The second-order valence-electron chi connectivity index (χ2n) is 7.68. The Kier molecular flexibility index (Phi) is 5.33. The topological polar surface area (TPSA) is 76.5 Å². The van der Waals surface area contributed by atoms with Gasteiger partial charge in [0.1, 0.15) is 5.25 Å². The van der Waals surface area contributed by atoms with Crippen LogP contribution >= 0.6 is 11.8 Å². The summed E-state index contributed by atoms with van der Waals surface area (Å²) in [6.07, 6.45) is 1.79. The van der Waals surface area contributed by atoms with Gasteiger partial charge in [-0.15, -0.1) is 5.10 Å². The summed E-state index contributed by atoms with van der Waals surface area (Å²) in [5.74, 6) is 0.00817. The Bertz CT molecular complexity index is 1410. The number of aromatic amines is 1. The molecule has 0 fully saturated rings. The van der Waals surface area contributed by atoms with E-state index in [-0.39, 0.29) is 5.78 Å². The molecule has 6 nitrogen and oxygen atoms in total. The van der Waals surface area contributed by atoms with Crippen LogP contribution in [0.3, 0.4) is 0 Å². The molecular weight excluding hydrogens is 418 g/mol. The lowest BCUT2D eigenvalue weighted by Crippen LogP contribution is -2.11. The van der Waals surface area contributed by atoms with E-state index in [0.29, 0.717) is 10.7 Å². The quantitative estimate of drug-likeness (QED) is 0.280. The van der Waals surface area contributed by atoms with Crippen LogP contribution in [0.5, 0.6) is 0 Å². The standard InChI is InChI=1S/C25H21N5OS/c1-16-12-13-22(17(2)14-16)30-25(27-28-29-30)32-24(18-8-4-3-5-9-18)23(31)20-15-26-21-11-7-6-10-19(20)21/h3-15,24,26H,1-2H3. The molecular formula is C25H21N5OS. The van der Waals surface area contributed by atoms with Crippen molar-refractivity contribution in [2.24, 2.45) is 0 Å². The number of carbonyl (C=O) groups is 1. The number of fused-ring (bicyclic) bond motifs is 1. The average Bonchev–Trinajstić information content (AvgIpc) is 3.45. The van der Waals surface area contributed by atoms with E-state index in [1.165, 1.54) is 17.3 Å². The van der Waals surface area contributed by atoms with Gasteiger partial charge in [-0.3, -0.25) is 4.79 Å². The molecule has 2 aromatic heterocycles. The smallest absolute Gasteiger partial charge is 0.215 e. The predicted octanol–water partition coefficient (Wildman–Crippen LogP) is 5.48. The number of Topliss-reactive ketones (excluding diaryl/α,β-unsaturated/α-hetero) is 1. The number of carbonyl (C=O) groups excluding carboxylic acids is 1. The maximum atomic E-state index is 13.8. The fourth-order valence-corrected chi connectivity index (χ4v) is 4.93. The third-order valence-corrected chi connectivity index (χ3v) is 6.63. The SMILES string of the molecule is Cc1ccc(-n2nnnc2SC(C(=O)c2c[nH]c3ccccc23)c2ccccc2)c(C)c1. The number of nitrogens with one attached hydrogen (secondary N) is 1. The van der Waals surface area contributed by atoms with Gasteiger partial charge in [-0.1, -0.05) is 78.0 Å². The van der Waals surface area contributed by atoms with Gasteiger partial charge < -0.3 is 4.98 Å². The lowest BCUT2D eigenvalue weighted by molar-refractivity contribution is 0.0991. The molecule has 1 atom stereocenters. The van der Waals surface area contributed by atoms with Crippen LogP contribution in [-0.2, 0) is 0 Å². The lowest BCUT2D eigenvalue weighted by Gasteiger charge is -2.16. The van der Waals surface area contributed by atoms with Gasteiger partial charge in [-0.2, -0.15) is 4.68 Å². The highest BCUT2D eigenvalue weighted by atomic mass is 32.2. The molecule has 7 heteroatoms. The first kappa shape index (κ1) is 20.2. The monoisotopic (exact) mass is 439 g/mol. The maximum Gasteiger partial charge on any atom is 0.215 e. The first-order valence-corrected chi connectivity index (χ1v) is 11.2. The Balaban J connectivity index is 1.57. The van der Waals surface area contributed by atoms with Gasteiger partial charge in [-0.25, -0.2) is 0 Å². The molecule has 0 amide bonds. The number of rotatable bonds is 6. The third-order valence-electron chi connectivity index (χ3n) is 5.44. The molecule has 1 unspecified atom stereocenters. The number of aromatic nitrogens is 5. The van der Waals surface area contributed by atoms with Gasteiger partial charge in [0.05, 0.1) is 5.69 Å². The van der Waals surface area contributed by atoms with Crippen molar-refractivity contribution >= 4 is 28.4 Å². The molecule has 158 valence electrons. The van der Waals surface area contributed by atoms with E-state index < -0.39 is 5.25 Å². The van der Waals surface area contributed by atoms with E-state index in [4.69, 9.17) is 0 Å². The minimum atomic E-state index is -0.495. The summed E-state index contributed by atoms with van der Waals surface area (Å²) in [5, 5.41) is 13.4. The molecule has 0 radical (unpaired) electrons. The van der Waals surface area contributed by atoms with Gasteiger partial charge in [0.2, 0.25) is 5.16 Å². The minimum Gasteiger partial charge on any atom is -0.360 e. The summed E-state index contributed by atoms with van der Waals surface area (Å²) in [7, 11) is 0. The molecule has 0 aliphatic rings. The van der Waals surface area contributed by atoms with E-state index in [2.05, 4.69) is 33.5 Å². The number of H-pyrrole nitrogens is 1. The maximum absolute atomic E-state index is 13.8. The minimum absolute atomic E-state index is 0.00817. The van der Waals surface area contributed by atoms with E-state index >= 15 is 0 Å². The fourth-order valence-electron chi connectivity index (χ4n) is 3.87. The fraction of sp³-hybridized carbons (Fsp3) is 0.120. The van der Waals surface area contributed by atoms with Crippen molar-refractivity contribution in [3.8, 4) is 5.69 Å². The van der Waals surface area contributed by atoms with Crippen LogP contribution in [0.15, 0.2) is 84.1 Å². The molecule has 3 aromatic carbocycles. The molecule has 0 saturated heterocycles. The van der Waals surface area contributed by atoms with E-state index in [1.54, 1.807) is 10.9 Å². The first-order chi connectivity index (χ1) is 15.6. The van der Waals surface area contributed by atoms with Crippen molar-refractivity contribution in [2.45, 2.75) is 24.3 Å². The number of hydrogen-bond donors (Lipinski definition) is 1. The molecule has 0 bridgehead atoms. The molecule has 2 heterocycles. The van der Waals surface area contributed by atoms with Crippen LogP contribution in [0, 0.1) is 13.8 Å². The normalized spacial score (nSPS) is 12.2. The number of thioether (sulfide) groups is 1. The average molecular weight is 440 g/mol. The number of tetrazole rings is 1. The Labute approximate surface area is 189 Å². The molecule has 32 heavy (non-hydrogen) atoms. The van der Waals surface area contributed by atoms with Crippen molar-refractivity contribution in [1.29, 1.82) is 0 Å². The summed E-state index contributed by atoms with van der Waals surface area (Å²) in [6, 6.07) is 23.7. The van der Waals surface area contributed by atoms with Crippen molar-refractivity contribution in [3.63, 3.8) is 0 Å². The summed E-state index contributed by atoms with van der Waals surface area (Å²) >= 11 is 1.36. The van der Waals surface area contributed by atoms with Gasteiger partial charge in [0.15, 0.2) is 5.78 Å². The van der Waals surface area contributed by atoms with E-state index in [0.717, 1.165) is 27.7 Å². The van der Waals surface area contributed by atoms with Crippen LogP contribution in [0.2, 0.25) is 0 Å². The van der Waals surface area contributed by atoms with Crippen LogP contribution < -0.4 is 0 Å². The summed E-state index contributed by atoms with van der Waals surface area (Å²) in [4.78, 5) is 17.0. The van der Waals surface area contributed by atoms with Crippen LogP contribution in [-0.4, -0.2) is 31.0 Å². The number of aryl methyl sites for hydroxylation is 2. The predicted molar refractivity (Wildman–Crippen MR) is 126 cm³/mol. The van der Waals surface area contributed by atoms with Crippen LogP contribution in [0.25, 0.3) is 16.6 Å². The highest BCUT2D eigenvalue weighted by molar-refractivity contribution is 8.00. The highest BCUT2D eigenvalue weighted by Crippen LogP contribution is 2.38. The van der Waals surface area contributed by atoms with Gasteiger partial charge in [0.25, 0.3) is 0 Å². The number of benzene rings is 3. The molecule has 0 spiro atoms. The highest BCUT2D eigenvalue weighted by Gasteiger charge is 2.28. The zero-order valence-electron chi connectivity index (χ0n) is 17.7. The van der Waals surface area contributed by atoms with Crippen LogP contribution in [0.1, 0.15) is 32.3 Å². The van der Waals surface area contributed by atoms with Gasteiger partial charge in [-0.05, 0) is 47.5 Å². The Hall–Kier alpha value is -3.71. The molecule has 1 N–H and O–H groups in total. The largest absolute Gasteiger partial charge is 0.360 e. The first-order valence-electron chi connectivity index (χ1n) is 10.3. The summed E-state index contributed by atoms with van der Waals surface area (Å²) in [5.41, 5.74) is 5.64. The number of para-hydroxylation sites is 1. The van der Waals surface area contributed by atoms with E-state index in [1.807, 2.05) is 73.7 Å². The van der Waals surface area contributed by atoms with Gasteiger partial charge >= 0.3 is 0 Å². The number of nitrogens with zero attached hydrogens (tertiary/aromatic N) is 4. The summed E-state index contributed by atoms with van der Waals surface area (Å²) < 4.78 is 1.71. The van der Waals surface area contributed by atoms with Gasteiger partial charge in [0, 0.05) is 22.7 Å². The molecule has 5 rings (SSSR count). The van der Waals surface area contributed by atoms with Crippen molar-refractivity contribution in [3.05, 3.63) is 101 Å². The van der Waals surface area contributed by atoms with E-state index in [9.17, 15) is 4.79 Å². The number of ketones is 1. The zero-order valence-corrected chi connectivity index (χ0v) is 18.5. The van der Waals surface area contributed by atoms with Crippen LogP contribution in [0.4, 0.5) is 0 Å². The number of hydrogen-bond acceptors (Lipinski definition) is 5. The Morgan fingerprint density at radius 1 is 1.00 bits per heavy atom. The lowest BCUT2D eigenvalue weighted by atomic mass is 10.0. The zero-order chi connectivity index (χ0) is 22.1. The second-order valence-corrected chi connectivity index (χ2v) is 8.76. The molecule has 5 aromatic rings. The van der Waals surface area contributed by atoms with Crippen molar-refractivity contribution in [2.75, 3.05) is 0 Å². The van der Waals surface area contributed by atoms with Crippen molar-refractivity contribution < 1.29 is 4.79 Å².